The zero-order valence-corrected chi connectivity index (χ0v) is 14.4. The summed E-state index contributed by atoms with van der Waals surface area (Å²) in [4.78, 5) is 8.12. The van der Waals surface area contributed by atoms with Crippen LogP contribution in [0.2, 0.25) is 0 Å². The number of hydrogen-bond acceptors (Lipinski definition) is 6. The Hall–Kier alpha value is -2.97. The van der Waals surface area contributed by atoms with Gasteiger partial charge in [-0.25, -0.2) is 0 Å². The molecule has 0 fully saturated rings. The molecule has 0 unspecified atom stereocenters. The molecule has 0 amide bonds. The molecule has 3 rings (SSSR count). The summed E-state index contributed by atoms with van der Waals surface area (Å²) >= 11 is 0. The Bertz CT molecular complexity index is 893. The Morgan fingerprint density at radius 1 is 0.920 bits per heavy atom. The molecule has 130 valence electrons. The zero-order chi connectivity index (χ0) is 16.4. The van der Waals surface area contributed by atoms with E-state index in [1.54, 1.807) is 36.7 Å². The van der Waals surface area contributed by atoms with Crippen molar-refractivity contribution in [3.8, 4) is 22.6 Å². The molecule has 3 aromatic rings. The van der Waals surface area contributed by atoms with Gasteiger partial charge in [-0.05, 0) is 18.2 Å². The number of aromatic nitrogens is 3. The second-order valence-electron chi connectivity index (χ2n) is 4.80. The maximum Gasteiger partial charge on any atom is 0.169 e. The van der Waals surface area contributed by atoms with Crippen LogP contribution in [0.5, 0.6) is 0 Å². The van der Waals surface area contributed by atoms with Crippen LogP contribution >= 0.6 is 24.8 Å². The predicted octanol–water partition coefficient (Wildman–Crippen LogP) is 2.21. The topological polar surface area (TPSA) is 152 Å². The largest absolute Gasteiger partial charge is 0.384 e. The smallest absolute Gasteiger partial charge is 0.169 e. The van der Waals surface area contributed by atoms with E-state index in [0.29, 0.717) is 33.8 Å². The Morgan fingerprint density at radius 3 is 2.28 bits per heavy atom. The lowest BCUT2D eigenvalue weighted by Gasteiger charge is -1.99. The minimum atomic E-state index is -0.0954. The highest BCUT2D eigenvalue weighted by molar-refractivity contribution is 5.95. The number of nitrogens with zero attached hydrogens (tertiary/aromatic N) is 3. The summed E-state index contributed by atoms with van der Waals surface area (Å²) in [5.74, 6) is 0.366. The van der Waals surface area contributed by atoms with E-state index in [9.17, 15) is 0 Å². The Labute approximate surface area is 155 Å². The molecule has 25 heavy (non-hydrogen) atoms. The van der Waals surface area contributed by atoms with E-state index in [4.69, 9.17) is 26.8 Å². The van der Waals surface area contributed by atoms with Crippen LogP contribution in [0.4, 0.5) is 0 Å². The van der Waals surface area contributed by atoms with Gasteiger partial charge in [-0.2, -0.15) is 0 Å². The van der Waals surface area contributed by atoms with Gasteiger partial charge in [-0.15, -0.1) is 24.8 Å². The van der Waals surface area contributed by atoms with Crippen molar-refractivity contribution in [1.29, 1.82) is 10.8 Å². The van der Waals surface area contributed by atoms with Gasteiger partial charge in [-0.1, -0.05) is 5.16 Å². The Morgan fingerprint density at radius 2 is 1.68 bits per heavy atom. The van der Waals surface area contributed by atoms with Crippen molar-refractivity contribution in [2.75, 3.05) is 0 Å². The van der Waals surface area contributed by atoms with Crippen molar-refractivity contribution in [1.82, 2.24) is 15.1 Å². The number of hydrogen-bond donors (Lipinski definition) is 4. The minimum Gasteiger partial charge on any atom is -0.384 e. The maximum absolute atomic E-state index is 7.45. The summed E-state index contributed by atoms with van der Waals surface area (Å²) in [6, 6.07) is 6.84. The van der Waals surface area contributed by atoms with Crippen LogP contribution in [0.1, 0.15) is 11.3 Å². The quantitative estimate of drug-likeness (QED) is 0.402. The molecule has 3 aromatic heterocycles. The third kappa shape index (κ3) is 4.31. The van der Waals surface area contributed by atoms with Crippen LogP contribution in [-0.4, -0.2) is 26.8 Å². The van der Waals surface area contributed by atoms with Gasteiger partial charge < -0.3 is 16.0 Å². The summed E-state index contributed by atoms with van der Waals surface area (Å²) in [6.45, 7) is 0. The molecule has 3 heterocycles. The number of rotatable bonds is 4. The molecule has 0 aliphatic heterocycles. The molecule has 0 radical (unpaired) electrons. The predicted molar refractivity (Wildman–Crippen MR) is 99.5 cm³/mol. The molecule has 0 atom stereocenters. The standard InChI is InChI=1S/C15H13N7O.2ClH/c16-14(17)10-3-9(5-20-6-10)12-4-13(23-22-12)8-1-2-11(15(18)19)21-7-8;;/h1-7H,(H3,16,17)(H3,18,19);2*1H. The van der Waals surface area contributed by atoms with Crippen LogP contribution in [-0.2, 0) is 0 Å². The highest BCUT2D eigenvalue weighted by Gasteiger charge is 2.11. The van der Waals surface area contributed by atoms with E-state index >= 15 is 0 Å². The SMILES string of the molecule is Cl.Cl.N=C(N)c1cncc(-c2cc(-c3ccc(C(=N)N)nc3)on2)c1. The summed E-state index contributed by atoms with van der Waals surface area (Å²) < 4.78 is 5.32. The van der Waals surface area contributed by atoms with E-state index in [-0.39, 0.29) is 36.5 Å². The minimum absolute atomic E-state index is 0. The van der Waals surface area contributed by atoms with Gasteiger partial charge in [0, 0.05) is 41.3 Å². The second-order valence-corrected chi connectivity index (χ2v) is 4.80. The molecule has 0 saturated heterocycles. The molecule has 6 N–H and O–H groups in total. The highest BCUT2D eigenvalue weighted by atomic mass is 35.5. The van der Waals surface area contributed by atoms with Gasteiger partial charge in [0.2, 0.25) is 0 Å². The van der Waals surface area contributed by atoms with Crippen molar-refractivity contribution < 1.29 is 4.52 Å². The number of nitrogens with two attached hydrogens (primary N) is 2. The van der Waals surface area contributed by atoms with E-state index in [2.05, 4.69) is 15.1 Å². The summed E-state index contributed by atoms with van der Waals surface area (Å²) in [5, 5.41) is 18.8. The first-order valence-electron chi connectivity index (χ1n) is 6.62. The van der Waals surface area contributed by atoms with E-state index < -0.39 is 0 Å². The van der Waals surface area contributed by atoms with Gasteiger partial charge >= 0.3 is 0 Å². The fraction of sp³-hybridized carbons (Fsp3) is 0. The van der Waals surface area contributed by atoms with Gasteiger partial charge in [-0.3, -0.25) is 20.8 Å². The fourth-order valence-corrected chi connectivity index (χ4v) is 1.97. The number of pyridine rings is 2. The van der Waals surface area contributed by atoms with Crippen molar-refractivity contribution >= 4 is 36.5 Å². The fourth-order valence-electron chi connectivity index (χ4n) is 1.97. The average Bonchev–Trinajstić information content (AvgIpc) is 3.05. The van der Waals surface area contributed by atoms with Crippen LogP contribution in [0.15, 0.2) is 47.4 Å². The normalized spacial score (nSPS) is 9.60. The molecule has 0 aliphatic carbocycles. The van der Waals surface area contributed by atoms with Crippen LogP contribution in [0.25, 0.3) is 22.6 Å². The highest BCUT2D eigenvalue weighted by Crippen LogP contribution is 2.25. The molecular weight excluding hydrogens is 365 g/mol. The van der Waals surface area contributed by atoms with Gasteiger partial charge in [0.05, 0.1) is 0 Å². The number of nitrogens with one attached hydrogen (secondary N) is 2. The van der Waals surface area contributed by atoms with Gasteiger partial charge in [0.15, 0.2) is 5.76 Å². The molecule has 0 saturated carbocycles. The van der Waals surface area contributed by atoms with Crippen molar-refractivity contribution in [2.24, 2.45) is 11.5 Å². The summed E-state index contributed by atoms with van der Waals surface area (Å²) in [7, 11) is 0. The van der Waals surface area contributed by atoms with Crippen LogP contribution in [0.3, 0.4) is 0 Å². The molecule has 0 spiro atoms. The Kier molecular flexibility index (Phi) is 6.60. The monoisotopic (exact) mass is 379 g/mol. The lowest BCUT2D eigenvalue weighted by atomic mass is 10.1. The molecule has 10 heteroatoms. The first-order valence-corrected chi connectivity index (χ1v) is 6.62. The number of halogens is 2. The first-order chi connectivity index (χ1) is 11.0. The lowest BCUT2D eigenvalue weighted by molar-refractivity contribution is 0.435. The van der Waals surface area contributed by atoms with Crippen molar-refractivity contribution in [3.63, 3.8) is 0 Å². The summed E-state index contributed by atoms with van der Waals surface area (Å²) in [6.07, 6.45) is 4.69. The number of amidine groups is 2. The average molecular weight is 380 g/mol. The van der Waals surface area contributed by atoms with E-state index in [1.807, 2.05) is 0 Å². The molecule has 0 aromatic carbocycles. The molecule has 8 nitrogen and oxygen atoms in total. The van der Waals surface area contributed by atoms with Crippen molar-refractivity contribution in [3.05, 3.63) is 54.1 Å². The molecular formula is C15H15Cl2N7O. The lowest BCUT2D eigenvalue weighted by Crippen LogP contribution is -2.12. The Balaban J connectivity index is 0.00000156. The van der Waals surface area contributed by atoms with Crippen LogP contribution < -0.4 is 11.5 Å². The summed E-state index contributed by atoms with van der Waals surface area (Å²) in [5.41, 5.74) is 13.7. The van der Waals surface area contributed by atoms with Gasteiger partial charge in [0.1, 0.15) is 23.1 Å². The first kappa shape index (κ1) is 20.1. The van der Waals surface area contributed by atoms with Crippen molar-refractivity contribution in [2.45, 2.75) is 0 Å². The van der Waals surface area contributed by atoms with E-state index in [0.717, 1.165) is 0 Å². The number of nitrogen functional groups attached to an aromatic ring is 2. The maximum atomic E-state index is 7.45. The van der Waals surface area contributed by atoms with Gasteiger partial charge in [0.25, 0.3) is 0 Å². The van der Waals surface area contributed by atoms with E-state index in [1.165, 1.54) is 6.20 Å². The molecule has 0 bridgehead atoms. The third-order valence-electron chi connectivity index (χ3n) is 3.18. The third-order valence-corrected chi connectivity index (χ3v) is 3.18. The van der Waals surface area contributed by atoms with Crippen LogP contribution in [0, 0.1) is 10.8 Å². The zero-order valence-electron chi connectivity index (χ0n) is 12.8. The second kappa shape index (κ2) is 8.22. The molecule has 0 aliphatic rings.